The third-order valence-electron chi connectivity index (χ3n) is 12.0. The molecule has 2 saturated heterocycles. The van der Waals surface area contributed by atoms with Gasteiger partial charge in [-0.05, 0) is 77.0 Å². The molecule has 392 valence electrons. The molecule has 7 N–H and O–H groups in total. The van der Waals surface area contributed by atoms with E-state index in [-0.39, 0.29) is 19.4 Å². The van der Waals surface area contributed by atoms with Crippen LogP contribution in [-0.4, -0.2) is 142 Å². The molecule has 2 aliphatic heterocycles. The molecule has 0 bridgehead atoms. The van der Waals surface area contributed by atoms with E-state index < -0.39 is 99.3 Å². The Bertz CT molecular complexity index is 1420. The van der Waals surface area contributed by atoms with Gasteiger partial charge in [0.25, 0.3) is 0 Å². The highest BCUT2D eigenvalue weighted by Gasteiger charge is 2.47. The number of hydrogen-bond donors (Lipinski definition) is 7. The van der Waals surface area contributed by atoms with E-state index in [0.29, 0.717) is 12.8 Å². The van der Waals surface area contributed by atoms with E-state index >= 15 is 0 Å². The zero-order chi connectivity index (χ0) is 49.6. The molecule has 0 aliphatic carbocycles. The Morgan fingerprint density at radius 1 is 0.485 bits per heavy atom. The summed E-state index contributed by atoms with van der Waals surface area (Å²) in [5.74, 6) is -0.956. The summed E-state index contributed by atoms with van der Waals surface area (Å²) in [5.41, 5.74) is 0. The number of carbonyl (C=O) groups is 2. The number of allylic oxidation sites excluding steroid dienone is 10. The van der Waals surface area contributed by atoms with Crippen molar-refractivity contribution in [3.05, 3.63) is 60.8 Å². The van der Waals surface area contributed by atoms with Crippen molar-refractivity contribution >= 4 is 11.9 Å². The van der Waals surface area contributed by atoms with Crippen LogP contribution in [0.15, 0.2) is 60.8 Å². The van der Waals surface area contributed by atoms with Crippen LogP contribution < -0.4 is 0 Å². The van der Waals surface area contributed by atoms with Crippen LogP contribution in [0.3, 0.4) is 0 Å². The van der Waals surface area contributed by atoms with Gasteiger partial charge < -0.3 is 64.2 Å². The number of hydrogen-bond acceptors (Lipinski definition) is 15. The first-order valence-corrected chi connectivity index (χ1v) is 25.9. The predicted molar refractivity (Wildman–Crippen MR) is 261 cm³/mol. The molecule has 0 spiro atoms. The minimum absolute atomic E-state index is 0.148. The maximum atomic E-state index is 13.0. The van der Waals surface area contributed by atoms with Crippen LogP contribution in [0.5, 0.6) is 0 Å². The molecule has 2 aliphatic rings. The number of esters is 2. The van der Waals surface area contributed by atoms with Crippen LogP contribution >= 0.6 is 0 Å². The second kappa shape index (κ2) is 39.9. The lowest BCUT2D eigenvalue weighted by Gasteiger charge is -2.42. The highest BCUT2D eigenvalue weighted by Crippen LogP contribution is 2.26. The Balaban J connectivity index is 1.82. The lowest BCUT2D eigenvalue weighted by atomic mass is 9.98. The Morgan fingerprint density at radius 2 is 0.926 bits per heavy atom. The summed E-state index contributed by atoms with van der Waals surface area (Å²) in [6.45, 7) is 2.42. The lowest BCUT2D eigenvalue weighted by Crippen LogP contribution is -2.61. The minimum Gasteiger partial charge on any atom is -0.462 e. The summed E-state index contributed by atoms with van der Waals surface area (Å²) < 4.78 is 33.6. The van der Waals surface area contributed by atoms with Crippen molar-refractivity contribution in [3.8, 4) is 0 Å². The molecule has 0 radical (unpaired) electrons. The number of rotatable bonds is 39. The Hall–Kier alpha value is -2.80. The summed E-state index contributed by atoms with van der Waals surface area (Å²) >= 11 is 0. The second-order valence-electron chi connectivity index (χ2n) is 18.0. The third-order valence-corrected chi connectivity index (χ3v) is 12.0. The highest BCUT2D eigenvalue weighted by atomic mass is 16.7. The molecule has 0 saturated carbocycles. The maximum absolute atomic E-state index is 13.0. The van der Waals surface area contributed by atoms with Gasteiger partial charge in [0.2, 0.25) is 0 Å². The van der Waals surface area contributed by atoms with Crippen LogP contribution in [-0.2, 0) is 38.0 Å². The zero-order valence-electron chi connectivity index (χ0n) is 41.3. The Labute approximate surface area is 407 Å². The Morgan fingerprint density at radius 3 is 1.46 bits per heavy atom. The molecule has 0 aromatic carbocycles. The molecule has 0 amide bonds. The third kappa shape index (κ3) is 27.6. The molecule has 11 unspecified atom stereocenters. The van der Waals surface area contributed by atoms with Gasteiger partial charge in [0.05, 0.1) is 19.8 Å². The summed E-state index contributed by atoms with van der Waals surface area (Å²) in [7, 11) is 0. The summed E-state index contributed by atoms with van der Waals surface area (Å²) in [4.78, 5) is 25.8. The molecule has 15 heteroatoms. The minimum atomic E-state index is -1.77. The van der Waals surface area contributed by atoms with Gasteiger partial charge in [-0.1, -0.05) is 139 Å². The highest BCUT2D eigenvalue weighted by molar-refractivity contribution is 5.70. The monoisotopic (exact) mass is 967 g/mol. The van der Waals surface area contributed by atoms with Gasteiger partial charge in [-0.3, -0.25) is 9.59 Å². The summed E-state index contributed by atoms with van der Waals surface area (Å²) in [6.07, 6.45) is 28.1. The molecule has 2 heterocycles. The largest absolute Gasteiger partial charge is 0.462 e. The SMILES string of the molecule is CC/C=C\C/C=C\C/C=C\CCCCCCCCCC(=O)OC(COC(=O)CCCCCCC/C=C\C/C=C\CCCCC)COC1OC(COC2OC(CO)C(O)C(O)C2O)C(O)C(O)C1O. The maximum Gasteiger partial charge on any atom is 0.306 e. The van der Waals surface area contributed by atoms with Gasteiger partial charge in [0.1, 0.15) is 55.4 Å². The van der Waals surface area contributed by atoms with Crippen molar-refractivity contribution in [1.29, 1.82) is 0 Å². The summed E-state index contributed by atoms with van der Waals surface area (Å²) in [5, 5.41) is 72.1. The molecule has 2 rings (SSSR count). The molecular weight excluding hydrogens is 877 g/mol. The van der Waals surface area contributed by atoms with Gasteiger partial charge in [-0.15, -0.1) is 0 Å². The molecule has 0 aromatic heterocycles. The van der Waals surface area contributed by atoms with Gasteiger partial charge in [0.15, 0.2) is 18.7 Å². The van der Waals surface area contributed by atoms with Crippen molar-refractivity contribution in [2.24, 2.45) is 0 Å². The number of aliphatic hydroxyl groups excluding tert-OH is 7. The standard InChI is InChI=1S/C53H90O15/c1-3-5-7-9-11-13-15-17-19-20-22-24-26-28-30-32-34-36-45(56)66-41(38-63-44(55)35-33-31-29-27-25-23-21-18-16-14-12-10-8-6-4-2)39-64-52-51(62)49(60)47(58)43(68-52)40-65-53-50(61)48(59)46(57)42(37-54)67-53/h5,7,11-14,17-19,21,41-43,46-54,57-62H,3-4,6,8-10,15-16,20,22-40H2,1-2H3/b7-5-,13-11-,14-12-,19-17-,21-18-. The first kappa shape index (κ1) is 61.3. The first-order valence-electron chi connectivity index (χ1n) is 25.9. The van der Waals surface area contributed by atoms with Crippen molar-refractivity contribution in [1.82, 2.24) is 0 Å². The van der Waals surface area contributed by atoms with Crippen LogP contribution in [0.4, 0.5) is 0 Å². The van der Waals surface area contributed by atoms with E-state index in [2.05, 4.69) is 74.6 Å². The lowest BCUT2D eigenvalue weighted by molar-refractivity contribution is -0.332. The van der Waals surface area contributed by atoms with Gasteiger partial charge >= 0.3 is 11.9 Å². The van der Waals surface area contributed by atoms with Gasteiger partial charge in [0, 0.05) is 12.8 Å². The van der Waals surface area contributed by atoms with Crippen LogP contribution in [0.2, 0.25) is 0 Å². The van der Waals surface area contributed by atoms with Crippen molar-refractivity contribution in [2.45, 2.75) is 235 Å². The van der Waals surface area contributed by atoms with E-state index in [9.17, 15) is 45.3 Å². The van der Waals surface area contributed by atoms with E-state index in [1.165, 1.54) is 19.3 Å². The fraction of sp³-hybridized carbons (Fsp3) is 0.774. The normalized spacial score (nSPS) is 26.2. The van der Waals surface area contributed by atoms with E-state index in [0.717, 1.165) is 109 Å². The number of ether oxygens (including phenoxy) is 6. The average Bonchev–Trinajstić information content (AvgIpc) is 3.33. The average molecular weight is 967 g/mol. The number of aliphatic hydroxyl groups is 7. The smallest absolute Gasteiger partial charge is 0.306 e. The van der Waals surface area contributed by atoms with E-state index in [1.54, 1.807) is 0 Å². The zero-order valence-corrected chi connectivity index (χ0v) is 41.3. The van der Waals surface area contributed by atoms with Gasteiger partial charge in [-0.25, -0.2) is 0 Å². The van der Waals surface area contributed by atoms with Crippen LogP contribution in [0.25, 0.3) is 0 Å². The molecular formula is C53H90O15. The van der Waals surface area contributed by atoms with E-state index in [1.807, 2.05) is 0 Å². The Kier molecular flexibility index (Phi) is 36.0. The van der Waals surface area contributed by atoms with Crippen LogP contribution in [0.1, 0.15) is 168 Å². The molecule has 68 heavy (non-hydrogen) atoms. The molecule has 11 atom stereocenters. The molecule has 2 fully saturated rings. The van der Waals surface area contributed by atoms with E-state index in [4.69, 9.17) is 28.4 Å². The number of unbranched alkanes of at least 4 members (excludes halogenated alkanes) is 15. The fourth-order valence-corrected chi connectivity index (χ4v) is 7.73. The summed E-state index contributed by atoms with van der Waals surface area (Å²) in [6, 6.07) is 0. The topological polar surface area (TPSA) is 231 Å². The number of carbonyl (C=O) groups excluding carboxylic acids is 2. The molecule has 0 aromatic rings. The fourth-order valence-electron chi connectivity index (χ4n) is 7.73. The van der Waals surface area contributed by atoms with Gasteiger partial charge in [-0.2, -0.15) is 0 Å². The first-order chi connectivity index (χ1) is 33.0. The second-order valence-corrected chi connectivity index (χ2v) is 18.0. The quantitative estimate of drug-likeness (QED) is 0.0183. The molecule has 15 nitrogen and oxygen atoms in total. The van der Waals surface area contributed by atoms with Crippen molar-refractivity contribution < 1.29 is 73.8 Å². The van der Waals surface area contributed by atoms with Crippen LogP contribution in [0, 0.1) is 0 Å². The van der Waals surface area contributed by atoms with Crippen molar-refractivity contribution in [2.75, 3.05) is 26.4 Å². The van der Waals surface area contributed by atoms with Crippen molar-refractivity contribution in [3.63, 3.8) is 0 Å². The predicted octanol–water partition coefficient (Wildman–Crippen LogP) is 7.27.